The van der Waals surface area contributed by atoms with Crippen molar-refractivity contribution in [2.75, 3.05) is 13.1 Å². The molecule has 3 rings (SSSR count). The molecule has 0 aliphatic heterocycles. The Labute approximate surface area is 191 Å². The van der Waals surface area contributed by atoms with Gasteiger partial charge in [0, 0.05) is 30.4 Å². The smallest absolute Gasteiger partial charge is 0.240 e. The van der Waals surface area contributed by atoms with Gasteiger partial charge in [-0.15, -0.1) is 24.8 Å². The van der Waals surface area contributed by atoms with E-state index in [0.29, 0.717) is 6.54 Å². The first-order chi connectivity index (χ1) is 13.5. The van der Waals surface area contributed by atoms with Crippen LogP contribution in [0.3, 0.4) is 0 Å². The number of hydrogen-bond donors (Lipinski definition) is 2. The molecule has 2 aromatic carbocycles. The molecule has 0 aliphatic carbocycles. The summed E-state index contributed by atoms with van der Waals surface area (Å²) < 4.78 is 28.6. The van der Waals surface area contributed by atoms with E-state index in [4.69, 9.17) is 0 Å². The van der Waals surface area contributed by atoms with Gasteiger partial charge >= 0.3 is 0 Å². The Morgan fingerprint density at radius 2 is 1.70 bits per heavy atom. The summed E-state index contributed by atoms with van der Waals surface area (Å²) in [5.41, 5.74) is 1.27. The van der Waals surface area contributed by atoms with Crippen LogP contribution in [0.25, 0.3) is 10.8 Å². The number of aromatic nitrogens is 1. The van der Waals surface area contributed by atoms with Gasteiger partial charge in [-0.05, 0) is 48.0 Å². The van der Waals surface area contributed by atoms with Crippen LogP contribution in [0.1, 0.15) is 19.4 Å². The van der Waals surface area contributed by atoms with Crippen molar-refractivity contribution in [2.24, 2.45) is 5.92 Å². The average molecular weight is 470 g/mol. The molecule has 0 bridgehead atoms. The molecule has 0 fully saturated rings. The summed E-state index contributed by atoms with van der Waals surface area (Å²) in [5.74, 6) is 0.170. The highest BCUT2D eigenvalue weighted by Gasteiger charge is 2.22. The average Bonchev–Trinajstić information content (AvgIpc) is 2.70. The van der Waals surface area contributed by atoms with Gasteiger partial charge in [-0.1, -0.05) is 50.2 Å². The van der Waals surface area contributed by atoms with Gasteiger partial charge in [-0.3, -0.25) is 4.98 Å². The summed E-state index contributed by atoms with van der Waals surface area (Å²) in [4.78, 5) is 4.35. The fourth-order valence-corrected chi connectivity index (χ4v) is 4.46. The Bertz CT molecular complexity index is 1020. The van der Waals surface area contributed by atoms with Crippen LogP contribution in [0.15, 0.2) is 71.9 Å². The molecule has 1 aromatic heterocycles. The lowest BCUT2D eigenvalue weighted by atomic mass is 10.1. The molecule has 164 valence electrons. The molecule has 0 spiro atoms. The summed E-state index contributed by atoms with van der Waals surface area (Å²) in [7, 11) is -3.60. The maximum Gasteiger partial charge on any atom is 0.240 e. The molecule has 0 unspecified atom stereocenters. The molecular weight excluding hydrogens is 441 g/mol. The third kappa shape index (κ3) is 7.22. The molecule has 1 atom stereocenters. The standard InChI is InChI=1S/C22H27N3O2S.2ClH/c1-17(2)22(16-24-12-10-18-6-4-3-5-7-18)25-28(26,27)21-9-8-20-15-23-13-11-19(20)14-21;;/h3-9,11,13-15,17,22,24-25H,10,12,16H2,1-2H3;2*1H/t22-;;/m0../s1. The molecule has 30 heavy (non-hydrogen) atoms. The molecular formula is C22H29Cl2N3O2S. The molecule has 8 heteroatoms. The van der Waals surface area contributed by atoms with Gasteiger partial charge in [-0.2, -0.15) is 0 Å². The molecule has 0 radical (unpaired) electrons. The van der Waals surface area contributed by atoms with E-state index in [1.165, 1.54) is 5.56 Å². The molecule has 1 heterocycles. The maximum absolute atomic E-state index is 12.9. The predicted molar refractivity (Wildman–Crippen MR) is 128 cm³/mol. The molecule has 0 saturated heterocycles. The van der Waals surface area contributed by atoms with E-state index in [1.807, 2.05) is 38.1 Å². The van der Waals surface area contributed by atoms with Gasteiger partial charge < -0.3 is 5.32 Å². The maximum atomic E-state index is 12.9. The quantitative estimate of drug-likeness (QED) is 0.460. The Kier molecular flexibility index (Phi) is 10.7. The predicted octanol–water partition coefficient (Wildman–Crippen LogP) is 4.21. The van der Waals surface area contributed by atoms with Crippen LogP contribution in [0.5, 0.6) is 0 Å². The summed E-state index contributed by atoms with van der Waals surface area (Å²) in [6.07, 6.45) is 4.31. The second-order valence-electron chi connectivity index (χ2n) is 7.30. The highest BCUT2D eigenvalue weighted by molar-refractivity contribution is 7.89. The Morgan fingerprint density at radius 1 is 0.967 bits per heavy atom. The fourth-order valence-electron chi connectivity index (χ4n) is 3.04. The highest BCUT2D eigenvalue weighted by atomic mass is 35.5. The van der Waals surface area contributed by atoms with E-state index >= 15 is 0 Å². The third-order valence-electron chi connectivity index (χ3n) is 4.83. The van der Waals surface area contributed by atoms with E-state index in [1.54, 1.807) is 30.6 Å². The topological polar surface area (TPSA) is 71.1 Å². The monoisotopic (exact) mass is 469 g/mol. The van der Waals surface area contributed by atoms with Crippen molar-refractivity contribution < 1.29 is 8.42 Å². The van der Waals surface area contributed by atoms with Crippen molar-refractivity contribution in [3.05, 3.63) is 72.6 Å². The second kappa shape index (κ2) is 12.2. The van der Waals surface area contributed by atoms with Crippen LogP contribution in [0.4, 0.5) is 0 Å². The zero-order valence-corrected chi connectivity index (χ0v) is 19.6. The van der Waals surface area contributed by atoms with Crippen molar-refractivity contribution in [1.82, 2.24) is 15.0 Å². The van der Waals surface area contributed by atoms with Crippen LogP contribution in [-0.2, 0) is 16.4 Å². The number of hydrogen-bond acceptors (Lipinski definition) is 4. The lowest BCUT2D eigenvalue weighted by molar-refractivity contribution is 0.423. The molecule has 0 saturated carbocycles. The van der Waals surface area contributed by atoms with E-state index in [0.717, 1.165) is 23.7 Å². The number of nitrogens with zero attached hydrogens (tertiary/aromatic N) is 1. The Morgan fingerprint density at radius 3 is 2.40 bits per heavy atom. The summed E-state index contributed by atoms with van der Waals surface area (Å²) in [6.45, 7) is 5.44. The summed E-state index contributed by atoms with van der Waals surface area (Å²) in [6, 6.07) is 17.0. The first-order valence-electron chi connectivity index (χ1n) is 9.56. The number of rotatable bonds is 9. The lowest BCUT2D eigenvalue weighted by Crippen LogP contribution is -2.45. The molecule has 5 nitrogen and oxygen atoms in total. The van der Waals surface area contributed by atoms with Crippen molar-refractivity contribution in [2.45, 2.75) is 31.2 Å². The first-order valence-corrected chi connectivity index (χ1v) is 11.0. The summed E-state index contributed by atoms with van der Waals surface area (Å²) >= 11 is 0. The first kappa shape index (κ1) is 26.3. The molecule has 0 aliphatic rings. The van der Waals surface area contributed by atoms with Crippen molar-refractivity contribution in [3.8, 4) is 0 Å². The van der Waals surface area contributed by atoms with Gasteiger partial charge in [0.05, 0.1) is 4.90 Å². The molecule has 2 N–H and O–H groups in total. The van der Waals surface area contributed by atoms with Crippen LogP contribution in [0, 0.1) is 5.92 Å². The number of pyridine rings is 1. The van der Waals surface area contributed by atoms with Crippen LogP contribution in [-0.4, -0.2) is 32.5 Å². The molecule has 0 amide bonds. The largest absolute Gasteiger partial charge is 0.315 e. The van der Waals surface area contributed by atoms with E-state index in [9.17, 15) is 8.42 Å². The van der Waals surface area contributed by atoms with Crippen LogP contribution < -0.4 is 10.0 Å². The normalized spacial score (nSPS) is 12.2. The van der Waals surface area contributed by atoms with Crippen LogP contribution in [0.2, 0.25) is 0 Å². The fraction of sp³-hybridized carbons (Fsp3) is 0.318. The van der Waals surface area contributed by atoms with Gasteiger partial charge in [0.1, 0.15) is 0 Å². The van der Waals surface area contributed by atoms with Crippen molar-refractivity contribution >= 4 is 45.6 Å². The minimum Gasteiger partial charge on any atom is -0.315 e. The van der Waals surface area contributed by atoms with Gasteiger partial charge in [0.25, 0.3) is 0 Å². The summed E-state index contributed by atoms with van der Waals surface area (Å²) in [5, 5.41) is 5.17. The number of sulfonamides is 1. The van der Waals surface area contributed by atoms with Crippen LogP contribution >= 0.6 is 24.8 Å². The SMILES string of the molecule is CC(C)[C@H](CNCCc1ccccc1)NS(=O)(=O)c1ccc2cnccc2c1.Cl.Cl. The molecule has 3 aromatic rings. The zero-order chi connectivity index (χ0) is 20.0. The van der Waals surface area contributed by atoms with Gasteiger partial charge in [0.15, 0.2) is 0 Å². The third-order valence-corrected chi connectivity index (χ3v) is 6.32. The van der Waals surface area contributed by atoms with E-state index in [2.05, 4.69) is 27.2 Å². The number of benzene rings is 2. The van der Waals surface area contributed by atoms with E-state index < -0.39 is 10.0 Å². The van der Waals surface area contributed by atoms with E-state index in [-0.39, 0.29) is 41.7 Å². The Hall–Kier alpha value is -1.70. The van der Waals surface area contributed by atoms with Crippen molar-refractivity contribution in [1.29, 1.82) is 0 Å². The zero-order valence-electron chi connectivity index (χ0n) is 17.1. The van der Waals surface area contributed by atoms with Gasteiger partial charge in [0.2, 0.25) is 10.0 Å². The highest BCUT2D eigenvalue weighted by Crippen LogP contribution is 2.19. The number of halogens is 2. The minimum absolute atomic E-state index is 0. The number of fused-ring (bicyclic) bond motifs is 1. The van der Waals surface area contributed by atoms with Crippen molar-refractivity contribution in [3.63, 3.8) is 0 Å². The second-order valence-corrected chi connectivity index (χ2v) is 9.01. The lowest BCUT2D eigenvalue weighted by Gasteiger charge is -2.23. The Balaban J connectivity index is 0.00000225. The van der Waals surface area contributed by atoms with Gasteiger partial charge in [-0.25, -0.2) is 13.1 Å². The number of nitrogens with one attached hydrogen (secondary N) is 2. The minimum atomic E-state index is -3.60.